The molecule has 2 rings (SSSR count). The Balaban J connectivity index is 2.33. The Morgan fingerprint density at radius 3 is 2.39 bits per heavy atom. The van der Waals surface area contributed by atoms with Gasteiger partial charge >= 0.3 is 0 Å². The molecule has 0 unspecified atom stereocenters. The van der Waals surface area contributed by atoms with Crippen molar-refractivity contribution >= 4 is 17.5 Å². The molecule has 0 atom stereocenters. The van der Waals surface area contributed by atoms with Gasteiger partial charge in [0, 0.05) is 30.9 Å². The number of aryl methyl sites for hydroxylation is 1. The van der Waals surface area contributed by atoms with Crippen LogP contribution in [0.25, 0.3) is 0 Å². The first-order valence-corrected chi connectivity index (χ1v) is 7.70. The van der Waals surface area contributed by atoms with Crippen LogP contribution < -0.4 is 19.7 Å². The van der Waals surface area contributed by atoms with Gasteiger partial charge in [-0.2, -0.15) is 4.98 Å². The molecule has 1 heterocycles. The van der Waals surface area contributed by atoms with E-state index in [1.165, 1.54) is 0 Å². The Kier molecular flexibility index (Phi) is 5.62. The van der Waals surface area contributed by atoms with Crippen LogP contribution >= 0.6 is 0 Å². The molecular weight excluding hydrogens is 292 g/mol. The highest BCUT2D eigenvalue weighted by Gasteiger charge is 2.10. The molecule has 0 aliphatic heterocycles. The number of nitrogens with zero attached hydrogens (tertiary/aromatic N) is 3. The molecule has 1 aromatic heterocycles. The van der Waals surface area contributed by atoms with E-state index in [4.69, 9.17) is 9.47 Å². The van der Waals surface area contributed by atoms with Crippen LogP contribution in [0.3, 0.4) is 0 Å². The van der Waals surface area contributed by atoms with Gasteiger partial charge in [-0.25, -0.2) is 4.98 Å². The van der Waals surface area contributed by atoms with E-state index in [1.54, 1.807) is 14.2 Å². The number of hydrogen-bond donors (Lipinski definition) is 1. The third-order valence-electron chi connectivity index (χ3n) is 3.58. The molecular formula is C17H24N4O2. The van der Waals surface area contributed by atoms with Gasteiger partial charge in [0.15, 0.2) is 0 Å². The fourth-order valence-corrected chi connectivity index (χ4v) is 2.34. The molecule has 1 aromatic carbocycles. The molecule has 0 bridgehead atoms. The zero-order chi connectivity index (χ0) is 16.8. The van der Waals surface area contributed by atoms with Crippen molar-refractivity contribution in [1.82, 2.24) is 9.97 Å². The Morgan fingerprint density at radius 2 is 1.78 bits per heavy atom. The van der Waals surface area contributed by atoms with E-state index in [2.05, 4.69) is 34.0 Å². The van der Waals surface area contributed by atoms with Gasteiger partial charge in [-0.05, 0) is 32.9 Å². The molecule has 0 aliphatic rings. The minimum atomic E-state index is 0.551. The molecule has 0 fully saturated rings. The monoisotopic (exact) mass is 316 g/mol. The topological polar surface area (TPSA) is 59.5 Å². The second-order valence-electron chi connectivity index (χ2n) is 5.05. The molecule has 0 radical (unpaired) electrons. The number of benzene rings is 1. The molecule has 124 valence electrons. The first kappa shape index (κ1) is 16.9. The number of rotatable bonds is 7. The molecule has 0 spiro atoms. The van der Waals surface area contributed by atoms with Gasteiger partial charge in [-0.1, -0.05) is 0 Å². The van der Waals surface area contributed by atoms with Gasteiger partial charge in [0.1, 0.15) is 17.3 Å². The Hall–Kier alpha value is -2.50. The normalized spacial score (nSPS) is 10.3. The van der Waals surface area contributed by atoms with Gasteiger partial charge < -0.3 is 19.7 Å². The van der Waals surface area contributed by atoms with E-state index in [-0.39, 0.29) is 0 Å². The average Bonchev–Trinajstić information content (AvgIpc) is 2.56. The highest BCUT2D eigenvalue weighted by molar-refractivity contribution is 5.65. The van der Waals surface area contributed by atoms with Crippen LogP contribution in [0.1, 0.15) is 19.5 Å². The lowest BCUT2D eigenvalue weighted by Gasteiger charge is -2.21. The molecule has 0 saturated heterocycles. The van der Waals surface area contributed by atoms with Crippen LogP contribution in [0.15, 0.2) is 24.3 Å². The highest BCUT2D eigenvalue weighted by atomic mass is 16.5. The van der Waals surface area contributed by atoms with Crippen LogP contribution in [0.2, 0.25) is 0 Å². The zero-order valence-corrected chi connectivity index (χ0v) is 14.4. The summed E-state index contributed by atoms with van der Waals surface area (Å²) >= 11 is 0. The molecule has 0 saturated carbocycles. The lowest BCUT2D eigenvalue weighted by atomic mass is 10.2. The summed E-state index contributed by atoms with van der Waals surface area (Å²) in [7, 11) is 3.25. The van der Waals surface area contributed by atoms with Crippen molar-refractivity contribution < 1.29 is 9.47 Å². The van der Waals surface area contributed by atoms with E-state index in [0.29, 0.717) is 11.7 Å². The lowest BCUT2D eigenvalue weighted by Crippen LogP contribution is -2.23. The molecule has 0 amide bonds. The van der Waals surface area contributed by atoms with Gasteiger partial charge in [-0.3, -0.25) is 0 Å². The summed E-state index contributed by atoms with van der Waals surface area (Å²) in [5, 5.41) is 3.23. The minimum absolute atomic E-state index is 0.551. The van der Waals surface area contributed by atoms with Crippen molar-refractivity contribution in [3.05, 3.63) is 30.0 Å². The minimum Gasteiger partial charge on any atom is -0.497 e. The zero-order valence-electron chi connectivity index (χ0n) is 14.4. The number of hydrogen-bond acceptors (Lipinski definition) is 6. The van der Waals surface area contributed by atoms with E-state index >= 15 is 0 Å². The van der Waals surface area contributed by atoms with E-state index in [9.17, 15) is 0 Å². The van der Waals surface area contributed by atoms with Gasteiger partial charge in [0.2, 0.25) is 5.95 Å². The fraction of sp³-hybridized carbons (Fsp3) is 0.412. The number of nitrogens with one attached hydrogen (secondary N) is 1. The van der Waals surface area contributed by atoms with E-state index < -0.39 is 0 Å². The van der Waals surface area contributed by atoms with E-state index in [1.807, 2.05) is 31.2 Å². The maximum absolute atomic E-state index is 5.40. The third-order valence-corrected chi connectivity index (χ3v) is 3.58. The quantitative estimate of drug-likeness (QED) is 0.845. The van der Waals surface area contributed by atoms with Crippen molar-refractivity contribution in [2.75, 3.05) is 37.5 Å². The first-order valence-electron chi connectivity index (χ1n) is 7.70. The highest BCUT2D eigenvalue weighted by Crippen LogP contribution is 2.31. The summed E-state index contributed by atoms with van der Waals surface area (Å²) in [6.07, 6.45) is 0. The predicted octanol–water partition coefficient (Wildman–Crippen LogP) is 3.39. The maximum Gasteiger partial charge on any atom is 0.229 e. The summed E-state index contributed by atoms with van der Waals surface area (Å²) in [5.74, 6) is 2.88. The number of aromatic nitrogens is 2. The van der Waals surface area contributed by atoms with Gasteiger partial charge in [0.25, 0.3) is 0 Å². The summed E-state index contributed by atoms with van der Waals surface area (Å²) in [5.41, 5.74) is 1.71. The molecule has 6 nitrogen and oxygen atoms in total. The number of methoxy groups -OCH3 is 2. The third kappa shape index (κ3) is 4.03. The summed E-state index contributed by atoms with van der Waals surface area (Å²) in [6, 6.07) is 7.57. The Morgan fingerprint density at radius 1 is 1.04 bits per heavy atom. The smallest absolute Gasteiger partial charge is 0.229 e. The Bertz CT molecular complexity index is 657. The van der Waals surface area contributed by atoms with Crippen LogP contribution in [0.4, 0.5) is 17.5 Å². The summed E-state index contributed by atoms with van der Waals surface area (Å²) in [4.78, 5) is 11.3. The molecule has 0 aliphatic carbocycles. The second-order valence-corrected chi connectivity index (χ2v) is 5.05. The van der Waals surface area contributed by atoms with Gasteiger partial charge in [0.05, 0.1) is 19.9 Å². The average molecular weight is 316 g/mol. The SMILES string of the molecule is CCN(CC)c1cc(C)nc(Nc2ccc(OC)cc2OC)n1. The molecule has 23 heavy (non-hydrogen) atoms. The van der Waals surface area contributed by atoms with Crippen molar-refractivity contribution in [2.24, 2.45) is 0 Å². The Labute approximate surface area is 137 Å². The van der Waals surface area contributed by atoms with Crippen molar-refractivity contribution in [3.8, 4) is 11.5 Å². The van der Waals surface area contributed by atoms with Crippen LogP contribution in [-0.2, 0) is 0 Å². The first-order chi connectivity index (χ1) is 11.1. The van der Waals surface area contributed by atoms with Crippen LogP contribution in [-0.4, -0.2) is 37.3 Å². The number of anilines is 3. The molecule has 6 heteroatoms. The summed E-state index contributed by atoms with van der Waals surface area (Å²) < 4.78 is 10.6. The lowest BCUT2D eigenvalue weighted by molar-refractivity contribution is 0.395. The molecule has 2 aromatic rings. The van der Waals surface area contributed by atoms with Gasteiger partial charge in [-0.15, -0.1) is 0 Å². The predicted molar refractivity (Wildman–Crippen MR) is 93.2 cm³/mol. The van der Waals surface area contributed by atoms with Crippen molar-refractivity contribution in [2.45, 2.75) is 20.8 Å². The number of ether oxygens (including phenoxy) is 2. The summed E-state index contributed by atoms with van der Waals surface area (Å²) in [6.45, 7) is 7.99. The fourth-order valence-electron chi connectivity index (χ4n) is 2.34. The second kappa shape index (κ2) is 7.67. The van der Waals surface area contributed by atoms with Crippen LogP contribution in [0.5, 0.6) is 11.5 Å². The standard InChI is InChI=1S/C17H24N4O2/c1-6-21(7-2)16-10-12(3)18-17(20-16)19-14-9-8-13(22-4)11-15(14)23-5/h8-11H,6-7H2,1-5H3,(H,18,19,20). The van der Waals surface area contributed by atoms with Crippen molar-refractivity contribution in [1.29, 1.82) is 0 Å². The van der Waals surface area contributed by atoms with Crippen molar-refractivity contribution in [3.63, 3.8) is 0 Å². The maximum atomic E-state index is 5.40. The van der Waals surface area contributed by atoms with E-state index in [0.717, 1.165) is 36.0 Å². The van der Waals surface area contributed by atoms with Crippen LogP contribution in [0, 0.1) is 6.92 Å². The largest absolute Gasteiger partial charge is 0.497 e. The molecule has 1 N–H and O–H groups in total.